The van der Waals surface area contributed by atoms with E-state index in [2.05, 4.69) is 41.2 Å². The van der Waals surface area contributed by atoms with Crippen LogP contribution in [0.4, 0.5) is 50.2 Å². The third-order valence-electron chi connectivity index (χ3n) is 10.4. The van der Waals surface area contributed by atoms with Crippen molar-refractivity contribution in [2.45, 2.75) is 37.2 Å². The van der Waals surface area contributed by atoms with Crippen LogP contribution in [-0.2, 0) is 22.9 Å². The second kappa shape index (κ2) is 18.6. The summed E-state index contributed by atoms with van der Waals surface area (Å²) >= 11 is 1.23. The second-order valence-electron chi connectivity index (χ2n) is 14.6. The molecule has 8 rings (SSSR count). The predicted molar refractivity (Wildman–Crippen MR) is 238 cm³/mol. The number of aryl methyl sites for hydroxylation is 2. The number of para-hydroxylation sites is 2. The van der Waals surface area contributed by atoms with Gasteiger partial charge in [0.15, 0.2) is 16.8 Å². The first-order chi connectivity index (χ1) is 31.4. The molecule has 0 spiro atoms. The van der Waals surface area contributed by atoms with Gasteiger partial charge in [-0.05, 0) is 79.8 Å². The zero-order chi connectivity index (χ0) is 47.8. The third-order valence-corrected chi connectivity index (χ3v) is 11.8. The first-order valence-electron chi connectivity index (χ1n) is 19.6. The number of hydrogen-bond acceptors (Lipinski definition) is 11. The number of fused-ring (bicyclic) bond motifs is 2. The molecule has 0 saturated heterocycles. The number of hydrogen-bond donors (Lipinski definition) is 4. The van der Waals surface area contributed by atoms with Crippen molar-refractivity contribution in [3.8, 4) is 22.5 Å². The molecule has 0 bridgehead atoms. The molecular weight excluding hydrogens is 905 g/mol. The number of carbonyl (C=O) groups is 4. The molecule has 0 aliphatic carbocycles. The molecule has 6 amide bonds. The number of halogens is 4. The van der Waals surface area contributed by atoms with Gasteiger partial charge in [-0.15, -0.1) is 0 Å². The van der Waals surface area contributed by atoms with E-state index in [0.29, 0.717) is 43.6 Å². The summed E-state index contributed by atoms with van der Waals surface area (Å²) in [5.41, 5.74) is 3.34. The van der Waals surface area contributed by atoms with Gasteiger partial charge in [0.05, 0.1) is 24.5 Å². The highest BCUT2D eigenvalue weighted by Gasteiger charge is 2.37. The van der Waals surface area contributed by atoms with Crippen LogP contribution in [0.5, 0.6) is 0 Å². The Morgan fingerprint density at radius 3 is 1.45 bits per heavy atom. The van der Waals surface area contributed by atoms with Crippen molar-refractivity contribution in [1.82, 2.24) is 41.2 Å². The van der Waals surface area contributed by atoms with Crippen LogP contribution in [0, 0.1) is 37.1 Å². The first kappa shape index (κ1) is 46.5. The van der Waals surface area contributed by atoms with E-state index in [1.807, 2.05) is 6.92 Å². The fourth-order valence-corrected chi connectivity index (χ4v) is 8.00. The van der Waals surface area contributed by atoms with Gasteiger partial charge in [-0.2, -0.15) is 4.98 Å². The van der Waals surface area contributed by atoms with E-state index in [1.165, 1.54) is 38.0 Å². The molecule has 0 unspecified atom stereocenters. The lowest BCUT2D eigenvalue weighted by Gasteiger charge is -2.30. The van der Waals surface area contributed by atoms with Gasteiger partial charge in [0.1, 0.15) is 34.6 Å². The third kappa shape index (κ3) is 8.83. The van der Waals surface area contributed by atoms with Crippen molar-refractivity contribution >= 4 is 68.5 Å². The van der Waals surface area contributed by atoms with E-state index in [9.17, 15) is 45.2 Å². The molecular formula is C44H38F4N10O6S2. The normalized spacial score (nSPS) is 13.1. The number of urea groups is 2. The van der Waals surface area contributed by atoms with Gasteiger partial charge in [0.2, 0.25) is 15.0 Å². The fraction of sp³-hybridized carbons (Fsp3) is 0.182. The molecule has 0 saturated carbocycles. The summed E-state index contributed by atoms with van der Waals surface area (Å²) in [6.07, 6.45) is 2.64. The lowest BCUT2D eigenvalue weighted by Crippen LogP contribution is -2.43. The molecule has 0 atom stereocenters. The molecule has 6 aromatic rings. The van der Waals surface area contributed by atoms with Crippen molar-refractivity contribution < 1.29 is 45.2 Å². The Morgan fingerprint density at radius 1 is 0.652 bits per heavy atom. The van der Waals surface area contributed by atoms with Gasteiger partial charge in [-0.25, -0.2) is 60.3 Å². The van der Waals surface area contributed by atoms with Gasteiger partial charge < -0.3 is 21.3 Å². The number of thioether (sulfide) groups is 1. The molecule has 4 N–H and O–H groups in total. The number of anilines is 4. The van der Waals surface area contributed by atoms with Crippen LogP contribution in [0.3, 0.4) is 0 Å². The minimum Gasteiger partial charge on any atom is -0.355 e. The quantitative estimate of drug-likeness (QED) is 0.0692. The maximum Gasteiger partial charge on any atom is 0.328 e. The minimum atomic E-state index is -4.00. The zero-order valence-electron chi connectivity index (χ0n) is 35.8. The Balaban J connectivity index is 0.000000197. The molecule has 2 aromatic heterocycles. The Kier molecular flexibility index (Phi) is 13.1. The van der Waals surface area contributed by atoms with Gasteiger partial charge in [-0.1, -0.05) is 36.0 Å². The maximum atomic E-state index is 14.6. The standard InChI is InChI=1S/C22H19F2N5O4S.C22H19F2N5O2S/c1-11-7-8-12(20(30)25-2)9-13(11)17-14-10-26-22(31)29(18-15(23)5-4-6-16(18)24)19(14)28-21(27-17)34(3,32)33;1-11-7-8-12(20(30)25-2)9-13(11)17-14-10-26-22(31)29(19(14)28-21(27-17)32-3)18-15(23)5-4-6-16(18)24/h4-9H,10H2,1-3H3,(H,25,30)(H,26,31);4-9H,10H2,1-3H3,(H,25,30)(H,26,31). The fourth-order valence-electron chi connectivity index (χ4n) is 7.13. The van der Waals surface area contributed by atoms with E-state index in [4.69, 9.17) is 0 Å². The topological polar surface area (TPSA) is 209 Å². The lowest BCUT2D eigenvalue weighted by molar-refractivity contribution is 0.0955. The summed E-state index contributed by atoms with van der Waals surface area (Å²) in [5, 5.41) is 9.94. The van der Waals surface area contributed by atoms with E-state index >= 15 is 0 Å². The van der Waals surface area contributed by atoms with Crippen LogP contribution in [0.15, 0.2) is 83.1 Å². The number of sulfone groups is 1. The summed E-state index contributed by atoms with van der Waals surface area (Å²) in [6.45, 7) is 3.53. The highest BCUT2D eigenvalue weighted by molar-refractivity contribution is 7.98. The Hall–Kier alpha value is -7.46. The molecule has 340 valence electrons. The monoisotopic (exact) mass is 942 g/mol. The molecule has 4 heterocycles. The molecule has 4 aromatic carbocycles. The molecule has 22 heteroatoms. The van der Waals surface area contributed by atoms with Crippen LogP contribution in [0.25, 0.3) is 22.5 Å². The summed E-state index contributed by atoms with van der Waals surface area (Å²) < 4.78 is 83.3. The second-order valence-corrected chi connectivity index (χ2v) is 17.3. The van der Waals surface area contributed by atoms with Crippen molar-refractivity contribution in [2.24, 2.45) is 0 Å². The van der Waals surface area contributed by atoms with Crippen molar-refractivity contribution in [3.05, 3.63) is 129 Å². The molecule has 0 fully saturated rings. The highest BCUT2D eigenvalue weighted by Crippen LogP contribution is 2.41. The number of amides is 6. The van der Waals surface area contributed by atoms with Gasteiger partial charge >= 0.3 is 12.1 Å². The minimum absolute atomic E-state index is 0.0639. The van der Waals surface area contributed by atoms with Crippen LogP contribution < -0.4 is 31.1 Å². The lowest BCUT2D eigenvalue weighted by atomic mass is 9.97. The summed E-state index contributed by atoms with van der Waals surface area (Å²) in [5.74, 6) is -4.68. The van der Waals surface area contributed by atoms with Gasteiger partial charge in [-0.3, -0.25) is 9.59 Å². The van der Waals surface area contributed by atoms with Crippen LogP contribution >= 0.6 is 11.8 Å². The molecule has 66 heavy (non-hydrogen) atoms. The largest absolute Gasteiger partial charge is 0.355 e. The zero-order valence-corrected chi connectivity index (χ0v) is 37.4. The SMILES string of the molecule is CNC(=O)c1ccc(C)c(-c2nc(S(C)(=O)=O)nc3c2CNC(=O)N3c2c(F)cccc2F)c1.CNC(=O)c1ccc(C)c(-c2nc(SC)nc3c2CNC(=O)N3c2c(F)cccc2F)c1. The van der Waals surface area contributed by atoms with Crippen LogP contribution in [0.2, 0.25) is 0 Å². The number of aromatic nitrogens is 4. The van der Waals surface area contributed by atoms with E-state index in [0.717, 1.165) is 47.1 Å². The molecule has 16 nitrogen and oxygen atoms in total. The maximum absolute atomic E-state index is 14.6. The molecule has 0 radical (unpaired) electrons. The number of nitrogens with one attached hydrogen (secondary N) is 4. The average molecular weight is 943 g/mol. The molecule has 2 aliphatic rings. The Morgan fingerprint density at radius 2 is 1.06 bits per heavy atom. The summed E-state index contributed by atoms with van der Waals surface area (Å²) in [6, 6.07) is 14.8. The molecule has 2 aliphatic heterocycles. The highest BCUT2D eigenvalue weighted by atomic mass is 32.2. The van der Waals surface area contributed by atoms with Crippen molar-refractivity contribution in [3.63, 3.8) is 0 Å². The van der Waals surface area contributed by atoms with E-state index < -0.39 is 61.7 Å². The predicted octanol–water partition coefficient (Wildman–Crippen LogP) is 7.03. The average Bonchev–Trinajstić information content (AvgIpc) is 3.29. The summed E-state index contributed by atoms with van der Waals surface area (Å²) in [4.78, 5) is 68.6. The first-order valence-corrected chi connectivity index (χ1v) is 22.8. The Labute approximate surface area is 379 Å². The van der Waals surface area contributed by atoms with Gasteiger partial charge in [0.25, 0.3) is 11.8 Å². The van der Waals surface area contributed by atoms with Crippen LogP contribution in [0.1, 0.15) is 43.0 Å². The number of nitrogens with zero attached hydrogens (tertiary/aromatic N) is 6. The number of benzene rings is 4. The number of rotatable bonds is 8. The number of carbonyl (C=O) groups excluding carboxylic acids is 4. The van der Waals surface area contributed by atoms with E-state index in [1.54, 1.807) is 43.5 Å². The van der Waals surface area contributed by atoms with E-state index in [-0.39, 0.29) is 53.4 Å². The summed E-state index contributed by atoms with van der Waals surface area (Å²) in [7, 11) is -0.998. The van der Waals surface area contributed by atoms with Crippen LogP contribution in [-0.4, -0.2) is 78.8 Å². The van der Waals surface area contributed by atoms with Crippen molar-refractivity contribution in [2.75, 3.05) is 36.4 Å². The Bertz CT molecular complexity index is 3080. The smallest absolute Gasteiger partial charge is 0.328 e. The van der Waals surface area contributed by atoms with Gasteiger partial charge in [0, 0.05) is 53.7 Å². The van der Waals surface area contributed by atoms with Crippen molar-refractivity contribution in [1.29, 1.82) is 0 Å².